The number of hydrogen-bond donors (Lipinski definition) is 0. The molecule has 62 heavy (non-hydrogen) atoms. The number of anilines is 3. The lowest BCUT2D eigenvalue weighted by Gasteiger charge is -2.28. The highest BCUT2D eigenvalue weighted by Gasteiger charge is 2.20. The third-order valence-corrected chi connectivity index (χ3v) is 12.5. The number of hydrogen-bond acceptors (Lipinski definition) is 2. The Bertz CT molecular complexity index is 3630. The summed E-state index contributed by atoms with van der Waals surface area (Å²) in [7, 11) is 0. The first kappa shape index (κ1) is 35.7. The maximum atomic E-state index is 6.28. The average Bonchev–Trinajstić information content (AvgIpc) is 3.73. The zero-order valence-electron chi connectivity index (χ0n) is 33.9. The third kappa shape index (κ3) is 6.12. The van der Waals surface area contributed by atoms with E-state index in [2.05, 4.69) is 229 Å². The van der Waals surface area contributed by atoms with Crippen molar-refractivity contribution in [3.63, 3.8) is 0 Å². The van der Waals surface area contributed by atoms with Gasteiger partial charge in [-0.05, 0) is 120 Å². The van der Waals surface area contributed by atoms with Gasteiger partial charge >= 0.3 is 0 Å². The normalized spacial score (nSPS) is 11.5. The molecule has 0 unspecified atom stereocenters. The van der Waals surface area contributed by atoms with Crippen molar-refractivity contribution in [3.05, 3.63) is 237 Å². The Morgan fingerprint density at radius 1 is 0.274 bits per heavy atom. The Morgan fingerprint density at radius 3 is 1.76 bits per heavy atom. The fraction of sp³-hybridized carbons (Fsp3) is 0. The summed E-state index contributed by atoms with van der Waals surface area (Å²) in [4.78, 5) is 2.41. The molecule has 11 aromatic carbocycles. The van der Waals surface area contributed by atoms with Crippen LogP contribution in [0.1, 0.15) is 0 Å². The molecular weight excluding hydrogens is 751 g/mol. The monoisotopic (exact) mass is 789 g/mol. The van der Waals surface area contributed by atoms with E-state index in [1.54, 1.807) is 0 Å². The van der Waals surface area contributed by atoms with Crippen LogP contribution in [0.3, 0.4) is 0 Å². The van der Waals surface area contributed by atoms with Gasteiger partial charge in [-0.3, -0.25) is 0 Å². The molecule has 0 aliphatic rings. The molecule has 0 aliphatic heterocycles. The van der Waals surface area contributed by atoms with E-state index in [9.17, 15) is 0 Å². The number of fused-ring (bicyclic) bond motifs is 7. The predicted octanol–water partition coefficient (Wildman–Crippen LogP) is 17.2. The summed E-state index contributed by atoms with van der Waals surface area (Å²) >= 11 is 0. The fourth-order valence-corrected chi connectivity index (χ4v) is 9.46. The van der Waals surface area contributed by atoms with E-state index >= 15 is 0 Å². The molecule has 0 N–H and O–H groups in total. The number of nitrogens with zero attached hydrogens (tertiary/aromatic N) is 1. The first-order chi connectivity index (χ1) is 30.7. The molecule has 12 aromatic rings. The van der Waals surface area contributed by atoms with E-state index in [0.29, 0.717) is 0 Å². The van der Waals surface area contributed by atoms with E-state index in [4.69, 9.17) is 4.42 Å². The Labute approximate surface area is 360 Å². The van der Waals surface area contributed by atoms with Gasteiger partial charge in [0.2, 0.25) is 0 Å². The maximum absolute atomic E-state index is 6.28. The van der Waals surface area contributed by atoms with Crippen molar-refractivity contribution in [2.45, 2.75) is 0 Å². The minimum atomic E-state index is 0.896. The van der Waals surface area contributed by atoms with Gasteiger partial charge in [-0.15, -0.1) is 0 Å². The highest BCUT2D eigenvalue weighted by molar-refractivity contribution is 6.13. The van der Waals surface area contributed by atoms with Crippen LogP contribution in [0, 0.1) is 0 Å². The first-order valence-electron chi connectivity index (χ1n) is 21.2. The molecule has 0 fully saturated rings. The van der Waals surface area contributed by atoms with Gasteiger partial charge < -0.3 is 9.32 Å². The van der Waals surface area contributed by atoms with Gasteiger partial charge in [-0.1, -0.05) is 188 Å². The third-order valence-electron chi connectivity index (χ3n) is 12.5. The van der Waals surface area contributed by atoms with Crippen molar-refractivity contribution >= 4 is 71.3 Å². The van der Waals surface area contributed by atoms with Crippen molar-refractivity contribution in [2.75, 3.05) is 4.90 Å². The summed E-state index contributed by atoms with van der Waals surface area (Å²) in [6.07, 6.45) is 0. The Kier molecular flexibility index (Phi) is 8.53. The predicted molar refractivity (Wildman–Crippen MR) is 263 cm³/mol. The van der Waals surface area contributed by atoms with Gasteiger partial charge in [-0.25, -0.2) is 0 Å². The minimum absolute atomic E-state index is 0.896. The lowest BCUT2D eigenvalue weighted by atomic mass is 9.94. The molecular formula is C60H39NO. The highest BCUT2D eigenvalue weighted by atomic mass is 16.3. The molecule has 0 radical (unpaired) electrons. The first-order valence-corrected chi connectivity index (χ1v) is 21.2. The van der Waals surface area contributed by atoms with Crippen LogP contribution in [0.25, 0.3) is 98.8 Å². The topological polar surface area (TPSA) is 16.4 Å². The zero-order valence-corrected chi connectivity index (χ0v) is 33.9. The SMILES string of the molecule is c1cc(-c2cccc3c2ccc2ccccc23)cc(N(c2ccc(-c3cccc4oc5ccccc5c34)cc2)c2ccccc2-c2ccc(-c3ccc4ccccc4c3)cc2)c1. The number of benzene rings is 11. The molecule has 0 spiro atoms. The molecule has 0 atom stereocenters. The van der Waals surface area contributed by atoms with Crippen LogP contribution in [-0.2, 0) is 0 Å². The van der Waals surface area contributed by atoms with Gasteiger partial charge in [0, 0.05) is 27.7 Å². The summed E-state index contributed by atoms with van der Waals surface area (Å²) in [5.74, 6) is 0. The van der Waals surface area contributed by atoms with E-state index in [0.717, 1.165) is 61.3 Å². The lowest BCUT2D eigenvalue weighted by Crippen LogP contribution is -2.11. The Hall–Kier alpha value is -8.20. The van der Waals surface area contributed by atoms with Gasteiger partial charge in [0.1, 0.15) is 11.2 Å². The fourth-order valence-electron chi connectivity index (χ4n) is 9.46. The maximum Gasteiger partial charge on any atom is 0.136 e. The second kappa shape index (κ2) is 14.8. The quantitative estimate of drug-likeness (QED) is 0.150. The van der Waals surface area contributed by atoms with Crippen molar-refractivity contribution in [3.8, 4) is 44.5 Å². The van der Waals surface area contributed by atoms with E-state index < -0.39 is 0 Å². The standard InChI is InChI=1S/C60H39NO/c1-2-14-45-38-46(31-28-40(45)12-1)41-26-29-43(30-27-41)52-18-5-7-23-57(52)61(48-35-32-44(33-36-48)53-21-11-25-59-60(53)56-19-6-8-24-58(56)62-59)49-16-9-15-47(39-49)51-20-10-22-54-50-17-4-3-13-42(50)34-37-55(51)54/h1-39H. The minimum Gasteiger partial charge on any atom is -0.456 e. The van der Waals surface area contributed by atoms with E-state index in [-0.39, 0.29) is 0 Å². The number of para-hydroxylation sites is 2. The Balaban J connectivity index is 0.997. The van der Waals surface area contributed by atoms with Crippen LogP contribution in [0.4, 0.5) is 17.1 Å². The molecule has 2 nitrogen and oxygen atoms in total. The van der Waals surface area contributed by atoms with Crippen LogP contribution >= 0.6 is 0 Å². The van der Waals surface area contributed by atoms with Crippen molar-refractivity contribution in [2.24, 2.45) is 0 Å². The zero-order chi connectivity index (χ0) is 41.0. The molecule has 0 amide bonds. The van der Waals surface area contributed by atoms with Crippen LogP contribution < -0.4 is 4.90 Å². The van der Waals surface area contributed by atoms with Gasteiger partial charge in [-0.2, -0.15) is 0 Å². The molecule has 0 aliphatic carbocycles. The van der Waals surface area contributed by atoms with E-state index in [1.165, 1.54) is 54.6 Å². The summed E-state index contributed by atoms with van der Waals surface area (Å²) < 4.78 is 6.28. The van der Waals surface area contributed by atoms with Crippen molar-refractivity contribution < 1.29 is 4.42 Å². The summed E-state index contributed by atoms with van der Waals surface area (Å²) in [5.41, 5.74) is 14.4. The molecule has 1 aromatic heterocycles. The highest BCUT2D eigenvalue weighted by Crippen LogP contribution is 2.44. The largest absolute Gasteiger partial charge is 0.456 e. The number of furan rings is 1. The van der Waals surface area contributed by atoms with Gasteiger partial charge in [0.15, 0.2) is 0 Å². The summed E-state index contributed by atoms with van der Waals surface area (Å²) in [6, 6.07) is 85.6. The van der Waals surface area contributed by atoms with Crippen LogP contribution in [0.2, 0.25) is 0 Å². The summed E-state index contributed by atoms with van der Waals surface area (Å²) in [5, 5.41) is 9.78. The molecule has 0 bridgehead atoms. The van der Waals surface area contributed by atoms with Gasteiger partial charge in [0.25, 0.3) is 0 Å². The van der Waals surface area contributed by atoms with Crippen LogP contribution in [0.15, 0.2) is 241 Å². The van der Waals surface area contributed by atoms with Crippen LogP contribution in [-0.4, -0.2) is 0 Å². The van der Waals surface area contributed by atoms with Crippen LogP contribution in [0.5, 0.6) is 0 Å². The average molecular weight is 790 g/mol. The van der Waals surface area contributed by atoms with E-state index in [1.807, 2.05) is 12.1 Å². The molecule has 0 saturated carbocycles. The second-order valence-corrected chi connectivity index (χ2v) is 16.1. The second-order valence-electron chi connectivity index (χ2n) is 16.1. The van der Waals surface area contributed by atoms with Gasteiger partial charge in [0.05, 0.1) is 5.69 Å². The van der Waals surface area contributed by atoms with Crippen molar-refractivity contribution in [1.82, 2.24) is 0 Å². The molecule has 2 heteroatoms. The molecule has 290 valence electrons. The smallest absolute Gasteiger partial charge is 0.136 e. The molecule has 1 heterocycles. The van der Waals surface area contributed by atoms with Crippen molar-refractivity contribution in [1.29, 1.82) is 0 Å². The lowest BCUT2D eigenvalue weighted by molar-refractivity contribution is 0.669. The summed E-state index contributed by atoms with van der Waals surface area (Å²) in [6.45, 7) is 0. The molecule has 0 saturated heterocycles. The Morgan fingerprint density at radius 2 is 0.871 bits per heavy atom. The molecule has 12 rings (SSSR count). The number of rotatable bonds is 7.